The predicted molar refractivity (Wildman–Crippen MR) is 87.5 cm³/mol. The SMILES string of the molecule is CCc1c(-c2ccc(CCN)cc2)nc2c(C)cccn12. The fourth-order valence-electron chi connectivity index (χ4n) is 2.82. The van der Waals surface area contributed by atoms with Gasteiger partial charge in [-0.25, -0.2) is 4.98 Å². The van der Waals surface area contributed by atoms with E-state index in [-0.39, 0.29) is 0 Å². The molecule has 0 aliphatic carbocycles. The van der Waals surface area contributed by atoms with Gasteiger partial charge >= 0.3 is 0 Å². The van der Waals surface area contributed by atoms with Crippen LogP contribution in [0.4, 0.5) is 0 Å². The van der Waals surface area contributed by atoms with Crippen molar-refractivity contribution in [1.29, 1.82) is 0 Å². The summed E-state index contributed by atoms with van der Waals surface area (Å²) in [6.45, 7) is 4.97. The topological polar surface area (TPSA) is 43.3 Å². The number of hydrogen-bond acceptors (Lipinski definition) is 2. The number of nitrogens with zero attached hydrogens (tertiary/aromatic N) is 2. The molecule has 0 saturated heterocycles. The predicted octanol–water partition coefficient (Wildman–Crippen LogP) is 3.37. The summed E-state index contributed by atoms with van der Waals surface area (Å²) in [6, 6.07) is 12.8. The summed E-state index contributed by atoms with van der Waals surface area (Å²) < 4.78 is 2.21. The Bertz CT molecular complexity index is 754. The van der Waals surface area contributed by atoms with E-state index < -0.39 is 0 Å². The molecule has 2 heterocycles. The van der Waals surface area contributed by atoms with Crippen molar-refractivity contribution in [3.05, 3.63) is 59.4 Å². The van der Waals surface area contributed by atoms with Gasteiger partial charge in [0.2, 0.25) is 0 Å². The van der Waals surface area contributed by atoms with Crippen molar-refractivity contribution in [2.24, 2.45) is 5.73 Å². The molecule has 0 unspecified atom stereocenters. The van der Waals surface area contributed by atoms with Gasteiger partial charge in [0.25, 0.3) is 0 Å². The Morgan fingerprint density at radius 1 is 1.14 bits per heavy atom. The van der Waals surface area contributed by atoms with E-state index in [0.717, 1.165) is 24.2 Å². The lowest BCUT2D eigenvalue weighted by atomic mass is 10.1. The highest BCUT2D eigenvalue weighted by Crippen LogP contribution is 2.26. The van der Waals surface area contributed by atoms with Gasteiger partial charge in [0.15, 0.2) is 0 Å². The molecule has 3 nitrogen and oxygen atoms in total. The van der Waals surface area contributed by atoms with E-state index in [4.69, 9.17) is 10.7 Å². The minimum Gasteiger partial charge on any atom is -0.330 e. The van der Waals surface area contributed by atoms with E-state index in [1.54, 1.807) is 0 Å². The first-order valence-corrected chi connectivity index (χ1v) is 7.50. The summed E-state index contributed by atoms with van der Waals surface area (Å²) in [4.78, 5) is 4.87. The molecule has 21 heavy (non-hydrogen) atoms. The quantitative estimate of drug-likeness (QED) is 0.795. The number of benzene rings is 1. The summed E-state index contributed by atoms with van der Waals surface area (Å²) >= 11 is 0. The molecule has 3 rings (SSSR count). The Hall–Kier alpha value is -2.13. The fourth-order valence-corrected chi connectivity index (χ4v) is 2.82. The number of imidazole rings is 1. The fraction of sp³-hybridized carbons (Fsp3) is 0.278. The second-order valence-electron chi connectivity index (χ2n) is 5.38. The van der Waals surface area contributed by atoms with Gasteiger partial charge < -0.3 is 10.1 Å². The molecule has 0 aliphatic heterocycles. The Kier molecular flexibility index (Phi) is 3.76. The van der Waals surface area contributed by atoms with Crippen molar-refractivity contribution in [2.45, 2.75) is 26.7 Å². The summed E-state index contributed by atoms with van der Waals surface area (Å²) in [6.07, 6.45) is 3.98. The summed E-state index contributed by atoms with van der Waals surface area (Å²) in [5.41, 5.74) is 12.7. The van der Waals surface area contributed by atoms with Gasteiger partial charge in [-0.2, -0.15) is 0 Å². The monoisotopic (exact) mass is 279 g/mol. The zero-order chi connectivity index (χ0) is 14.8. The first-order chi connectivity index (χ1) is 10.2. The van der Waals surface area contributed by atoms with Crippen LogP contribution in [0.25, 0.3) is 16.9 Å². The number of rotatable bonds is 4. The average Bonchev–Trinajstić information content (AvgIpc) is 2.88. The minimum absolute atomic E-state index is 0.688. The average molecular weight is 279 g/mol. The van der Waals surface area contributed by atoms with Crippen molar-refractivity contribution in [3.63, 3.8) is 0 Å². The lowest BCUT2D eigenvalue weighted by Gasteiger charge is -2.04. The van der Waals surface area contributed by atoms with Crippen LogP contribution in [0.1, 0.15) is 23.7 Å². The third kappa shape index (κ3) is 2.45. The normalized spacial score (nSPS) is 11.2. The van der Waals surface area contributed by atoms with E-state index in [0.29, 0.717) is 6.54 Å². The zero-order valence-electron chi connectivity index (χ0n) is 12.6. The van der Waals surface area contributed by atoms with Crippen LogP contribution in [-0.2, 0) is 12.8 Å². The molecule has 0 fully saturated rings. The Labute approximate surface area is 125 Å². The van der Waals surface area contributed by atoms with Crippen molar-refractivity contribution in [1.82, 2.24) is 9.38 Å². The molecule has 3 heteroatoms. The van der Waals surface area contributed by atoms with Crippen LogP contribution in [0, 0.1) is 6.92 Å². The van der Waals surface area contributed by atoms with Gasteiger partial charge in [-0.3, -0.25) is 0 Å². The highest BCUT2D eigenvalue weighted by Gasteiger charge is 2.13. The zero-order valence-corrected chi connectivity index (χ0v) is 12.6. The van der Waals surface area contributed by atoms with E-state index in [1.807, 2.05) is 0 Å². The van der Waals surface area contributed by atoms with Crippen LogP contribution >= 0.6 is 0 Å². The van der Waals surface area contributed by atoms with Crippen LogP contribution < -0.4 is 5.73 Å². The standard InChI is InChI=1S/C18H21N3/c1-3-16-17(15-8-6-14(7-9-15)10-11-19)20-18-13(2)5-4-12-21(16)18/h4-9,12H,3,10-11,19H2,1-2H3. The van der Waals surface area contributed by atoms with Gasteiger partial charge in [-0.1, -0.05) is 37.3 Å². The van der Waals surface area contributed by atoms with E-state index in [2.05, 4.69) is 60.8 Å². The Balaban J connectivity index is 2.13. The summed E-state index contributed by atoms with van der Waals surface area (Å²) in [5.74, 6) is 0. The number of aryl methyl sites for hydroxylation is 2. The largest absolute Gasteiger partial charge is 0.330 e. The Morgan fingerprint density at radius 3 is 2.57 bits per heavy atom. The molecule has 2 aromatic heterocycles. The number of pyridine rings is 1. The molecule has 0 amide bonds. The first-order valence-electron chi connectivity index (χ1n) is 7.50. The van der Waals surface area contributed by atoms with E-state index in [1.165, 1.54) is 22.4 Å². The number of nitrogens with two attached hydrogens (primary N) is 1. The molecule has 1 aromatic carbocycles. The highest BCUT2D eigenvalue weighted by atomic mass is 15.0. The van der Waals surface area contributed by atoms with Gasteiger partial charge in [-0.15, -0.1) is 0 Å². The van der Waals surface area contributed by atoms with Gasteiger partial charge in [0.05, 0.1) is 11.4 Å². The molecular weight excluding hydrogens is 258 g/mol. The molecule has 0 saturated carbocycles. The maximum absolute atomic E-state index is 5.61. The molecule has 2 N–H and O–H groups in total. The van der Waals surface area contributed by atoms with Crippen LogP contribution in [0.2, 0.25) is 0 Å². The molecular formula is C18H21N3. The lowest BCUT2D eigenvalue weighted by molar-refractivity contribution is 0.968. The smallest absolute Gasteiger partial charge is 0.140 e. The van der Waals surface area contributed by atoms with Gasteiger partial charge in [0.1, 0.15) is 5.65 Å². The molecule has 0 aliphatic rings. The first kappa shape index (κ1) is 13.8. The van der Waals surface area contributed by atoms with Crippen LogP contribution in [0.15, 0.2) is 42.6 Å². The second kappa shape index (κ2) is 5.70. The van der Waals surface area contributed by atoms with Crippen LogP contribution in [0.3, 0.4) is 0 Å². The number of fused-ring (bicyclic) bond motifs is 1. The van der Waals surface area contributed by atoms with Crippen molar-refractivity contribution in [2.75, 3.05) is 6.54 Å². The van der Waals surface area contributed by atoms with Crippen LogP contribution in [0.5, 0.6) is 0 Å². The maximum atomic E-state index is 5.61. The summed E-state index contributed by atoms with van der Waals surface area (Å²) in [5, 5.41) is 0. The van der Waals surface area contributed by atoms with E-state index in [9.17, 15) is 0 Å². The van der Waals surface area contributed by atoms with Crippen molar-refractivity contribution >= 4 is 5.65 Å². The van der Waals surface area contributed by atoms with E-state index >= 15 is 0 Å². The van der Waals surface area contributed by atoms with Gasteiger partial charge in [-0.05, 0) is 43.5 Å². The molecule has 0 spiro atoms. The molecule has 3 aromatic rings. The van der Waals surface area contributed by atoms with Crippen molar-refractivity contribution in [3.8, 4) is 11.3 Å². The Morgan fingerprint density at radius 2 is 1.90 bits per heavy atom. The lowest BCUT2D eigenvalue weighted by Crippen LogP contribution is -2.02. The number of aromatic nitrogens is 2. The third-order valence-electron chi connectivity index (χ3n) is 3.94. The van der Waals surface area contributed by atoms with Crippen molar-refractivity contribution < 1.29 is 0 Å². The minimum atomic E-state index is 0.688. The maximum Gasteiger partial charge on any atom is 0.140 e. The molecule has 0 atom stereocenters. The highest BCUT2D eigenvalue weighted by molar-refractivity contribution is 5.68. The number of hydrogen-bond donors (Lipinski definition) is 1. The van der Waals surface area contributed by atoms with Crippen LogP contribution in [-0.4, -0.2) is 15.9 Å². The molecule has 108 valence electrons. The van der Waals surface area contributed by atoms with Gasteiger partial charge in [0, 0.05) is 11.8 Å². The third-order valence-corrected chi connectivity index (χ3v) is 3.94. The molecule has 0 radical (unpaired) electrons. The summed E-state index contributed by atoms with van der Waals surface area (Å²) in [7, 11) is 0. The molecule has 0 bridgehead atoms. The second-order valence-corrected chi connectivity index (χ2v) is 5.38.